The van der Waals surface area contributed by atoms with Gasteiger partial charge in [-0.1, -0.05) is 34.8 Å². The average Bonchev–Trinajstić information content (AvgIpc) is 3.02. The van der Waals surface area contributed by atoms with Crippen LogP contribution in [0.4, 0.5) is 0 Å². The lowest BCUT2D eigenvalue weighted by atomic mass is 10.2. The Bertz CT molecular complexity index is 907. The first-order valence-electron chi connectivity index (χ1n) is 6.83. The molecule has 2 aromatic heterocycles. The third-order valence-corrected chi connectivity index (χ3v) is 5.44. The first kappa shape index (κ1) is 16.7. The molecule has 1 N–H and O–H groups in total. The van der Waals surface area contributed by atoms with Gasteiger partial charge in [0, 0.05) is 30.2 Å². The third-order valence-electron chi connectivity index (χ3n) is 3.42. The Morgan fingerprint density at radius 2 is 1.96 bits per heavy atom. The van der Waals surface area contributed by atoms with Crippen LogP contribution >= 0.6 is 46.1 Å². The fourth-order valence-electron chi connectivity index (χ4n) is 2.20. The summed E-state index contributed by atoms with van der Waals surface area (Å²) in [5.74, 6) is 0. The van der Waals surface area contributed by atoms with Crippen LogP contribution in [0.25, 0.3) is 10.2 Å². The van der Waals surface area contributed by atoms with E-state index in [1.54, 1.807) is 29.1 Å². The standard InChI is InChI=1S/C15H12Cl3N3OS/c16-11-1-2-12(17)13(18)10(11)7-19-4-5-21-8-20-14-9(15(21)22)3-6-23-14/h1-3,6,8,19H,4-5,7H2. The minimum Gasteiger partial charge on any atom is -0.311 e. The Balaban J connectivity index is 1.65. The number of nitrogens with one attached hydrogen (secondary N) is 1. The summed E-state index contributed by atoms with van der Waals surface area (Å²) in [6.07, 6.45) is 1.57. The number of hydrogen-bond donors (Lipinski definition) is 1. The molecule has 0 aliphatic carbocycles. The summed E-state index contributed by atoms with van der Waals surface area (Å²) in [5.41, 5.74) is 0.719. The summed E-state index contributed by atoms with van der Waals surface area (Å²) in [7, 11) is 0. The summed E-state index contributed by atoms with van der Waals surface area (Å²) in [6, 6.07) is 5.17. The first-order chi connectivity index (χ1) is 11.1. The molecule has 4 nitrogen and oxygen atoms in total. The Hall–Kier alpha value is -1.11. The molecule has 0 aliphatic heterocycles. The van der Waals surface area contributed by atoms with Gasteiger partial charge in [0.1, 0.15) is 4.83 Å². The fraction of sp³-hybridized carbons (Fsp3) is 0.200. The Morgan fingerprint density at radius 1 is 1.17 bits per heavy atom. The topological polar surface area (TPSA) is 46.9 Å². The van der Waals surface area contributed by atoms with E-state index in [2.05, 4.69) is 10.3 Å². The predicted octanol–water partition coefficient (Wildman–Crippen LogP) is 4.21. The maximum Gasteiger partial charge on any atom is 0.262 e. The molecule has 1 aromatic carbocycles. The lowest BCUT2D eigenvalue weighted by Crippen LogP contribution is -2.27. The SMILES string of the molecule is O=c1c2ccsc2ncn1CCNCc1c(Cl)ccc(Cl)c1Cl. The maximum absolute atomic E-state index is 12.2. The van der Waals surface area contributed by atoms with Crippen LogP contribution in [-0.2, 0) is 13.1 Å². The van der Waals surface area contributed by atoms with Gasteiger partial charge in [0.25, 0.3) is 5.56 Å². The van der Waals surface area contributed by atoms with Gasteiger partial charge in [-0.05, 0) is 23.6 Å². The largest absolute Gasteiger partial charge is 0.311 e. The summed E-state index contributed by atoms with van der Waals surface area (Å²) in [4.78, 5) is 17.3. The van der Waals surface area contributed by atoms with E-state index in [1.165, 1.54) is 11.3 Å². The monoisotopic (exact) mass is 387 g/mol. The van der Waals surface area contributed by atoms with Gasteiger partial charge in [-0.25, -0.2) is 4.98 Å². The third kappa shape index (κ3) is 3.54. The molecule has 0 saturated carbocycles. The van der Waals surface area contributed by atoms with Gasteiger partial charge in [0.05, 0.1) is 21.8 Å². The van der Waals surface area contributed by atoms with E-state index in [-0.39, 0.29) is 5.56 Å². The molecule has 3 aromatic rings. The highest BCUT2D eigenvalue weighted by Crippen LogP contribution is 2.31. The molecule has 8 heteroatoms. The molecular formula is C15H12Cl3N3OS. The second-order valence-corrected chi connectivity index (χ2v) is 6.97. The molecule has 0 unspecified atom stereocenters. The molecule has 0 fully saturated rings. The normalized spacial score (nSPS) is 11.3. The Kier molecular flexibility index (Phi) is 5.24. The molecular weight excluding hydrogens is 377 g/mol. The van der Waals surface area contributed by atoms with Gasteiger partial charge < -0.3 is 5.32 Å². The van der Waals surface area contributed by atoms with Gasteiger partial charge in [0.2, 0.25) is 0 Å². The summed E-state index contributed by atoms with van der Waals surface area (Å²) >= 11 is 19.7. The smallest absolute Gasteiger partial charge is 0.262 e. The number of fused-ring (bicyclic) bond motifs is 1. The van der Waals surface area contributed by atoms with Crippen molar-refractivity contribution in [3.05, 3.63) is 60.9 Å². The van der Waals surface area contributed by atoms with Gasteiger partial charge in [0.15, 0.2) is 0 Å². The van der Waals surface area contributed by atoms with E-state index in [9.17, 15) is 4.79 Å². The van der Waals surface area contributed by atoms with E-state index in [0.717, 1.165) is 10.4 Å². The highest BCUT2D eigenvalue weighted by Gasteiger charge is 2.09. The maximum atomic E-state index is 12.2. The molecule has 0 atom stereocenters. The number of benzene rings is 1. The molecule has 0 bridgehead atoms. The molecule has 3 rings (SSSR count). The van der Waals surface area contributed by atoms with E-state index in [1.807, 2.05) is 5.38 Å². The van der Waals surface area contributed by atoms with E-state index >= 15 is 0 Å². The Morgan fingerprint density at radius 3 is 2.78 bits per heavy atom. The molecule has 0 radical (unpaired) electrons. The van der Waals surface area contributed by atoms with Crippen molar-refractivity contribution in [3.63, 3.8) is 0 Å². The van der Waals surface area contributed by atoms with Crippen molar-refractivity contribution in [2.45, 2.75) is 13.1 Å². The second kappa shape index (κ2) is 7.20. The number of halogens is 3. The van der Waals surface area contributed by atoms with Crippen LogP contribution in [0.1, 0.15) is 5.56 Å². The Labute approximate surface area is 151 Å². The van der Waals surface area contributed by atoms with Crippen molar-refractivity contribution in [3.8, 4) is 0 Å². The summed E-state index contributed by atoms with van der Waals surface area (Å²) < 4.78 is 1.59. The zero-order valence-electron chi connectivity index (χ0n) is 11.9. The van der Waals surface area contributed by atoms with Gasteiger partial charge >= 0.3 is 0 Å². The van der Waals surface area contributed by atoms with Crippen LogP contribution in [0.3, 0.4) is 0 Å². The number of aromatic nitrogens is 2. The molecule has 0 aliphatic rings. The van der Waals surface area contributed by atoms with Crippen molar-refractivity contribution in [2.75, 3.05) is 6.54 Å². The van der Waals surface area contributed by atoms with Crippen LogP contribution in [0.15, 0.2) is 34.7 Å². The second-order valence-electron chi connectivity index (χ2n) is 4.88. The van der Waals surface area contributed by atoms with E-state index in [4.69, 9.17) is 34.8 Å². The molecule has 120 valence electrons. The zero-order valence-corrected chi connectivity index (χ0v) is 14.9. The fourth-order valence-corrected chi connectivity index (χ4v) is 3.60. The van der Waals surface area contributed by atoms with Crippen LogP contribution < -0.4 is 10.9 Å². The number of nitrogens with zero attached hydrogens (tertiary/aromatic N) is 2. The minimum absolute atomic E-state index is 0.0307. The van der Waals surface area contributed by atoms with Crippen LogP contribution in [0.5, 0.6) is 0 Å². The molecule has 0 saturated heterocycles. The van der Waals surface area contributed by atoms with Crippen molar-refractivity contribution in [2.24, 2.45) is 0 Å². The van der Waals surface area contributed by atoms with Crippen molar-refractivity contribution in [1.29, 1.82) is 0 Å². The van der Waals surface area contributed by atoms with Crippen LogP contribution in [0, 0.1) is 0 Å². The van der Waals surface area contributed by atoms with Crippen molar-refractivity contribution >= 4 is 56.4 Å². The molecule has 0 amide bonds. The number of rotatable bonds is 5. The van der Waals surface area contributed by atoms with E-state index < -0.39 is 0 Å². The van der Waals surface area contributed by atoms with Crippen LogP contribution in [-0.4, -0.2) is 16.1 Å². The van der Waals surface area contributed by atoms with Gasteiger partial charge in [-0.2, -0.15) is 0 Å². The molecule has 0 spiro atoms. The molecule has 23 heavy (non-hydrogen) atoms. The van der Waals surface area contributed by atoms with Crippen LogP contribution in [0.2, 0.25) is 15.1 Å². The average molecular weight is 389 g/mol. The molecule has 2 heterocycles. The number of hydrogen-bond acceptors (Lipinski definition) is 4. The zero-order chi connectivity index (χ0) is 16.4. The number of thiophene rings is 1. The minimum atomic E-state index is -0.0307. The van der Waals surface area contributed by atoms with Crippen molar-refractivity contribution in [1.82, 2.24) is 14.9 Å². The summed E-state index contributed by atoms with van der Waals surface area (Å²) in [5, 5.41) is 7.21. The van der Waals surface area contributed by atoms with E-state index in [0.29, 0.717) is 40.1 Å². The lowest BCUT2D eigenvalue weighted by Gasteiger charge is -2.10. The van der Waals surface area contributed by atoms with Gasteiger partial charge in [-0.3, -0.25) is 9.36 Å². The summed E-state index contributed by atoms with van der Waals surface area (Å²) in [6.45, 7) is 1.56. The van der Waals surface area contributed by atoms with Crippen molar-refractivity contribution < 1.29 is 0 Å². The lowest BCUT2D eigenvalue weighted by molar-refractivity contribution is 0.582. The highest BCUT2D eigenvalue weighted by atomic mass is 35.5. The first-order valence-corrected chi connectivity index (χ1v) is 8.85. The van der Waals surface area contributed by atoms with Gasteiger partial charge in [-0.15, -0.1) is 11.3 Å². The quantitative estimate of drug-likeness (QED) is 0.526. The predicted molar refractivity (Wildman–Crippen MR) is 97.1 cm³/mol. The highest BCUT2D eigenvalue weighted by molar-refractivity contribution is 7.16.